The van der Waals surface area contributed by atoms with E-state index in [2.05, 4.69) is 31.9 Å². The third kappa shape index (κ3) is 2.59. The molecule has 0 saturated heterocycles. The first-order valence-electron chi connectivity index (χ1n) is 4.80. The lowest BCUT2D eigenvalue weighted by molar-refractivity contribution is 0.159. The highest BCUT2D eigenvalue weighted by atomic mass is 79.9. The van der Waals surface area contributed by atoms with Gasteiger partial charge in [-0.3, -0.25) is 0 Å². The van der Waals surface area contributed by atoms with Crippen molar-refractivity contribution >= 4 is 31.9 Å². The molecule has 1 N–H and O–H groups in total. The predicted molar refractivity (Wildman–Crippen MR) is 64.1 cm³/mol. The largest absolute Gasteiger partial charge is 0.388 e. The summed E-state index contributed by atoms with van der Waals surface area (Å²) in [7, 11) is 0. The molecule has 0 radical (unpaired) electrons. The molecule has 0 spiro atoms. The number of halogens is 2. The van der Waals surface area contributed by atoms with Crippen molar-refractivity contribution in [2.24, 2.45) is 5.92 Å². The Morgan fingerprint density at radius 1 is 1.36 bits per heavy atom. The molecular weight excluding hydrogens is 308 g/mol. The normalized spacial score (nSPS) is 18.2. The summed E-state index contributed by atoms with van der Waals surface area (Å²) in [6.07, 6.45) is 3.13. The average molecular weight is 320 g/mol. The van der Waals surface area contributed by atoms with Crippen molar-refractivity contribution in [2.75, 3.05) is 0 Å². The van der Waals surface area contributed by atoms with E-state index in [-0.39, 0.29) is 6.10 Å². The van der Waals surface area contributed by atoms with E-state index in [4.69, 9.17) is 0 Å². The van der Waals surface area contributed by atoms with Crippen LogP contribution in [0.5, 0.6) is 0 Å². The van der Waals surface area contributed by atoms with Gasteiger partial charge in [-0.15, -0.1) is 0 Å². The number of aliphatic hydroxyl groups is 1. The maximum Gasteiger partial charge on any atom is 0.0804 e. The van der Waals surface area contributed by atoms with Gasteiger partial charge in [0, 0.05) is 8.95 Å². The summed E-state index contributed by atoms with van der Waals surface area (Å²) in [5, 5.41) is 9.99. The first kappa shape index (κ1) is 10.7. The third-order valence-electron chi connectivity index (χ3n) is 2.57. The smallest absolute Gasteiger partial charge is 0.0804 e. The zero-order valence-corrected chi connectivity index (χ0v) is 10.9. The van der Waals surface area contributed by atoms with E-state index in [0.29, 0.717) is 0 Å². The molecule has 2 rings (SSSR count). The molecule has 0 aromatic heterocycles. The molecule has 1 aromatic carbocycles. The lowest BCUT2D eigenvalue weighted by atomic mass is 10.0. The van der Waals surface area contributed by atoms with Crippen LogP contribution >= 0.6 is 31.9 Å². The van der Waals surface area contributed by atoms with Crippen molar-refractivity contribution in [3.8, 4) is 0 Å². The van der Waals surface area contributed by atoms with Gasteiger partial charge in [0.15, 0.2) is 0 Å². The van der Waals surface area contributed by atoms with Crippen LogP contribution in [0.2, 0.25) is 0 Å². The molecule has 1 aliphatic carbocycles. The highest BCUT2D eigenvalue weighted by Gasteiger charge is 2.25. The summed E-state index contributed by atoms with van der Waals surface area (Å²) in [5.74, 6) is 0.746. The summed E-state index contributed by atoms with van der Waals surface area (Å²) in [6.45, 7) is 0. The number of aliphatic hydroxyl groups excluding tert-OH is 1. The van der Waals surface area contributed by atoms with Gasteiger partial charge < -0.3 is 5.11 Å². The molecule has 76 valence electrons. The summed E-state index contributed by atoms with van der Waals surface area (Å²) < 4.78 is 2.01. The van der Waals surface area contributed by atoms with Gasteiger partial charge in [-0.2, -0.15) is 0 Å². The highest BCUT2D eigenvalue weighted by molar-refractivity contribution is 9.11. The molecular formula is C11H12Br2O. The van der Waals surface area contributed by atoms with Crippen LogP contribution in [0.15, 0.2) is 27.1 Å². The fourth-order valence-corrected chi connectivity index (χ4v) is 2.46. The van der Waals surface area contributed by atoms with Gasteiger partial charge in [-0.1, -0.05) is 44.7 Å². The van der Waals surface area contributed by atoms with Crippen molar-refractivity contribution in [3.05, 3.63) is 32.7 Å². The number of hydrogen-bond acceptors (Lipinski definition) is 1. The minimum Gasteiger partial charge on any atom is -0.388 e. The van der Waals surface area contributed by atoms with Gasteiger partial charge in [-0.25, -0.2) is 0 Å². The van der Waals surface area contributed by atoms with Gasteiger partial charge in [0.1, 0.15) is 0 Å². The molecule has 1 saturated carbocycles. The van der Waals surface area contributed by atoms with Crippen LogP contribution in [0.3, 0.4) is 0 Å². The Morgan fingerprint density at radius 2 is 2.07 bits per heavy atom. The summed E-state index contributed by atoms with van der Waals surface area (Å²) >= 11 is 6.88. The van der Waals surface area contributed by atoms with Crippen LogP contribution in [-0.2, 0) is 0 Å². The first-order valence-corrected chi connectivity index (χ1v) is 6.38. The fourth-order valence-electron chi connectivity index (χ4n) is 1.57. The molecule has 0 heterocycles. The van der Waals surface area contributed by atoms with E-state index < -0.39 is 0 Å². The summed E-state index contributed by atoms with van der Waals surface area (Å²) in [4.78, 5) is 0. The van der Waals surface area contributed by atoms with Crippen LogP contribution in [0.25, 0.3) is 0 Å². The van der Waals surface area contributed by atoms with Crippen LogP contribution in [0.4, 0.5) is 0 Å². The predicted octanol–water partition coefficient (Wildman–Crippen LogP) is 4.05. The zero-order valence-electron chi connectivity index (χ0n) is 7.71. The Kier molecular flexibility index (Phi) is 3.30. The van der Waals surface area contributed by atoms with Gasteiger partial charge in [0.25, 0.3) is 0 Å². The quantitative estimate of drug-likeness (QED) is 0.891. The van der Waals surface area contributed by atoms with Crippen LogP contribution in [0, 0.1) is 5.92 Å². The molecule has 0 amide bonds. The number of benzene rings is 1. The zero-order chi connectivity index (χ0) is 10.1. The van der Waals surface area contributed by atoms with E-state index in [9.17, 15) is 5.11 Å². The van der Waals surface area contributed by atoms with E-state index in [1.807, 2.05) is 18.2 Å². The van der Waals surface area contributed by atoms with Crippen molar-refractivity contribution in [2.45, 2.75) is 25.4 Å². The van der Waals surface area contributed by atoms with E-state index >= 15 is 0 Å². The molecule has 1 nitrogen and oxygen atoms in total. The topological polar surface area (TPSA) is 20.2 Å². The molecule has 3 heteroatoms. The second-order valence-corrected chi connectivity index (χ2v) is 5.63. The second-order valence-electron chi connectivity index (χ2n) is 3.86. The maximum atomic E-state index is 9.99. The van der Waals surface area contributed by atoms with Gasteiger partial charge in [0.05, 0.1) is 6.10 Å². The van der Waals surface area contributed by atoms with Gasteiger partial charge in [0.2, 0.25) is 0 Å². The molecule has 1 aromatic rings. The van der Waals surface area contributed by atoms with Crippen LogP contribution in [0.1, 0.15) is 30.9 Å². The maximum absolute atomic E-state index is 9.99. The monoisotopic (exact) mass is 318 g/mol. The van der Waals surface area contributed by atoms with Gasteiger partial charge >= 0.3 is 0 Å². The molecule has 1 aliphatic rings. The fraction of sp³-hybridized carbons (Fsp3) is 0.455. The third-order valence-corrected chi connectivity index (χ3v) is 3.79. The molecule has 0 aliphatic heterocycles. The Labute approximate surface area is 101 Å². The Balaban J connectivity index is 2.15. The minimum absolute atomic E-state index is 0.325. The van der Waals surface area contributed by atoms with Gasteiger partial charge in [-0.05, 0) is 36.1 Å². The van der Waals surface area contributed by atoms with E-state index in [1.54, 1.807) is 0 Å². The Hall–Kier alpha value is 0.140. The van der Waals surface area contributed by atoms with Crippen LogP contribution < -0.4 is 0 Å². The Bertz CT molecular complexity index is 334. The summed E-state index contributed by atoms with van der Waals surface area (Å²) in [6, 6.07) is 5.92. The summed E-state index contributed by atoms with van der Waals surface area (Å²) in [5.41, 5.74) is 0.992. The number of hydrogen-bond donors (Lipinski definition) is 1. The van der Waals surface area contributed by atoms with E-state index in [1.165, 1.54) is 12.8 Å². The lowest BCUT2D eigenvalue weighted by Gasteiger charge is -2.12. The Morgan fingerprint density at radius 3 is 2.71 bits per heavy atom. The van der Waals surface area contributed by atoms with E-state index in [0.717, 1.165) is 26.8 Å². The molecule has 14 heavy (non-hydrogen) atoms. The van der Waals surface area contributed by atoms with Crippen LogP contribution in [-0.4, -0.2) is 5.11 Å². The van der Waals surface area contributed by atoms with Crippen molar-refractivity contribution in [1.29, 1.82) is 0 Å². The minimum atomic E-state index is -0.325. The molecule has 1 unspecified atom stereocenters. The standard InChI is InChI=1S/C11H12Br2O/c12-8-3-4-10(13)9(6-8)11(14)5-7-1-2-7/h3-4,6-7,11,14H,1-2,5H2. The van der Waals surface area contributed by atoms with Crippen molar-refractivity contribution < 1.29 is 5.11 Å². The SMILES string of the molecule is OC(CC1CC1)c1cc(Br)ccc1Br. The second kappa shape index (κ2) is 4.33. The molecule has 0 bridgehead atoms. The van der Waals surface area contributed by atoms with Crippen molar-refractivity contribution in [3.63, 3.8) is 0 Å². The molecule has 1 fully saturated rings. The highest BCUT2D eigenvalue weighted by Crippen LogP contribution is 2.39. The average Bonchev–Trinajstić information content (AvgIpc) is 2.93. The van der Waals surface area contributed by atoms with Crippen molar-refractivity contribution in [1.82, 2.24) is 0 Å². The lowest BCUT2D eigenvalue weighted by Crippen LogP contribution is -1.99. The first-order chi connectivity index (χ1) is 6.66. The number of rotatable bonds is 3. The molecule has 1 atom stereocenters.